The van der Waals surface area contributed by atoms with E-state index in [4.69, 9.17) is 0 Å². The molecule has 0 amide bonds. The fourth-order valence-electron chi connectivity index (χ4n) is 0.0962. The monoisotopic (exact) mass is 104 g/mol. The minimum Gasteiger partial charge on any atom is -0.302 e. The summed E-state index contributed by atoms with van der Waals surface area (Å²) in [6, 6.07) is 0. The van der Waals surface area contributed by atoms with Crippen molar-refractivity contribution in [3.63, 3.8) is 0 Å². The Balaban J connectivity index is 2.96. The van der Waals surface area contributed by atoms with Crippen LogP contribution in [0, 0.1) is 0 Å². The van der Waals surface area contributed by atoms with E-state index in [1.807, 2.05) is 6.92 Å². The van der Waals surface area contributed by atoms with Gasteiger partial charge in [-0.3, -0.25) is 0 Å². The molecule has 1 unspecified atom stereocenters. The molecule has 1 atom stereocenters. The zero-order valence-corrected chi connectivity index (χ0v) is 4.61. The molecular formula is C4H8OS. The minimum absolute atomic E-state index is 0.0509. The lowest BCUT2D eigenvalue weighted by Crippen LogP contribution is -1.94. The van der Waals surface area contributed by atoms with E-state index in [1.165, 1.54) is 0 Å². The first-order chi connectivity index (χ1) is 2.81. The van der Waals surface area contributed by atoms with Crippen molar-refractivity contribution >= 4 is 18.9 Å². The summed E-state index contributed by atoms with van der Waals surface area (Å²) >= 11 is 3.86. The van der Waals surface area contributed by atoms with Gasteiger partial charge in [-0.2, -0.15) is 12.6 Å². The van der Waals surface area contributed by atoms with Crippen LogP contribution < -0.4 is 0 Å². The molecule has 0 N–H and O–H groups in total. The number of aldehydes is 1. The van der Waals surface area contributed by atoms with Gasteiger partial charge in [0.15, 0.2) is 0 Å². The molecule has 0 aliphatic carbocycles. The first-order valence-corrected chi connectivity index (χ1v) is 2.46. The second-order valence-corrected chi connectivity index (χ2v) is 1.77. The van der Waals surface area contributed by atoms with E-state index in [9.17, 15) is 4.79 Å². The fourth-order valence-corrected chi connectivity index (χ4v) is 0.0962. The quantitative estimate of drug-likeness (QED) is 0.407. The van der Waals surface area contributed by atoms with Crippen LogP contribution in [0.5, 0.6) is 0 Å². The predicted octanol–water partition coefficient (Wildman–Crippen LogP) is 0.894. The normalized spacial score (nSPS) is 13.7. The molecule has 0 aromatic carbocycles. The predicted molar refractivity (Wildman–Crippen MR) is 29.1 cm³/mol. The van der Waals surface area contributed by atoms with E-state index in [0.717, 1.165) is 12.7 Å². The molecular weight excluding hydrogens is 96.1 g/mol. The van der Waals surface area contributed by atoms with E-state index >= 15 is 0 Å². The lowest BCUT2D eigenvalue weighted by molar-refractivity contribution is -0.107. The number of hydrogen-bond acceptors (Lipinski definition) is 2. The van der Waals surface area contributed by atoms with Gasteiger partial charge in [-0.1, -0.05) is 6.92 Å². The van der Waals surface area contributed by atoms with Gasteiger partial charge >= 0.3 is 0 Å². The maximum absolute atomic E-state index is 9.66. The highest BCUT2D eigenvalue weighted by molar-refractivity contribution is 7.81. The minimum atomic E-state index is -0.0509. The van der Waals surface area contributed by atoms with E-state index in [1.54, 1.807) is 0 Å². The first kappa shape index (κ1) is 6.02. The Bertz CT molecular complexity index is 44.8. The first-order valence-electron chi connectivity index (χ1n) is 1.94. The molecule has 1 nitrogen and oxygen atoms in total. The highest BCUT2D eigenvalue weighted by atomic mass is 32.1. The van der Waals surface area contributed by atoms with Crippen molar-refractivity contribution in [3.05, 3.63) is 0 Å². The summed E-state index contributed by atoms with van der Waals surface area (Å²) in [7, 11) is 0. The molecule has 6 heavy (non-hydrogen) atoms. The summed E-state index contributed by atoms with van der Waals surface area (Å²) in [5.74, 6) is 0. The van der Waals surface area contributed by atoms with E-state index in [2.05, 4.69) is 12.6 Å². The Kier molecular flexibility index (Phi) is 3.23. The van der Waals surface area contributed by atoms with Crippen LogP contribution in [0.25, 0.3) is 0 Å². The Morgan fingerprint density at radius 3 is 2.50 bits per heavy atom. The van der Waals surface area contributed by atoms with Crippen molar-refractivity contribution in [2.24, 2.45) is 0 Å². The molecule has 0 heterocycles. The molecule has 0 saturated heterocycles. The number of hydrogen-bond donors (Lipinski definition) is 1. The smallest absolute Gasteiger partial charge is 0.132 e. The van der Waals surface area contributed by atoms with Crippen molar-refractivity contribution in [1.82, 2.24) is 0 Å². The van der Waals surface area contributed by atoms with Gasteiger partial charge in [-0.15, -0.1) is 0 Å². The molecule has 0 radical (unpaired) electrons. The molecule has 0 rings (SSSR count). The van der Waals surface area contributed by atoms with E-state index in [-0.39, 0.29) is 5.25 Å². The Hall–Kier alpha value is 0.0200. The van der Waals surface area contributed by atoms with Gasteiger partial charge in [-0.25, -0.2) is 0 Å². The zero-order valence-electron chi connectivity index (χ0n) is 3.72. The number of carbonyl (C=O) groups is 1. The standard InChI is InChI=1S/C4H8OS/c1-2-4(6)3-5/h3-4,6H,2H2,1H3. The third-order valence-electron chi connectivity index (χ3n) is 0.575. The maximum atomic E-state index is 9.66. The summed E-state index contributed by atoms with van der Waals surface area (Å²) < 4.78 is 0. The van der Waals surface area contributed by atoms with Crippen LogP contribution in [0.4, 0.5) is 0 Å². The molecule has 2 heteroatoms. The Morgan fingerprint density at radius 2 is 2.50 bits per heavy atom. The summed E-state index contributed by atoms with van der Waals surface area (Å²) in [4.78, 5) is 9.66. The largest absolute Gasteiger partial charge is 0.302 e. The van der Waals surface area contributed by atoms with Crippen molar-refractivity contribution in [2.45, 2.75) is 18.6 Å². The molecule has 0 bridgehead atoms. The number of rotatable bonds is 2. The molecule has 0 aromatic rings. The van der Waals surface area contributed by atoms with Crippen LogP contribution in [0.1, 0.15) is 13.3 Å². The van der Waals surface area contributed by atoms with Crippen LogP contribution in [0.3, 0.4) is 0 Å². The molecule has 0 saturated carbocycles. The highest BCUT2D eigenvalue weighted by Gasteiger charge is 1.90. The highest BCUT2D eigenvalue weighted by Crippen LogP contribution is 1.92. The van der Waals surface area contributed by atoms with Gasteiger partial charge in [0.2, 0.25) is 0 Å². The van der Waals surface area contributed by atoms with E-state index < -0.39 is 0 Å². The second kappa shape index (κ2) is 3.22. The average Bonchev–Trinajstić information content (AvgIpc) is 1.65. The summed E-state index contributed by atoms with van der Waals surface area (Å²) in [5.41, 5.74) is 0. The van der Waals surface area contributed by atoms with Gasteiger partial charge in [0.1, 0.15) is 6.29 Å². The maximum Gasteiger partial charge on any atom is 0.132 e. The molecule has 0 spiro atoms. The van der Waals surface area contributed by atoms with Crippen molar-refractivity contribution in [2.75, 3.05) is 0 Å². The van der Waals surface area contributed by atoms with Crippen LogP contribution in [0.15, 0.2) is 0 Å². The fraction of sp³-hybridized carbons (Fsp3) is 0.750. The molecule has 0 aromatic heterocycles. The Morgan fingerprint density at radius 1 is 2.00 bits per heavy atom. The molecule has 0 aliphatic heterocycles. The SMILES string of the molecule is CCC(S)C=O. The summed E-state index contributed by atoms with van der Waals surface area (Å²) in [5, 5.41) is -0.0509. The van der Waals surface area contributed by atoms with Crippen molar-refractivity contribution in [3.8, 4) is 0 Å². The van der Waals surface area contributed by atoms with Crippen LogP contribution >= 0.6 is 12.6 Å². The van der Waals surface area contributed by atoms with Gasteiger partial charge in [0.05, 0.1) is 5.25 Å². The lowest BCUT2D eigenvalue weighted by Gasteiger charge is -1.88. The third kappa shape index (κ3) is 2.27. The molecule has 0 fully saturated rings. The van der Waals surface area contributed by atoms with Crippen LogP contribution in [0.2, 0.25) is 0 Å². The average molecular weight is 104 g/mol. The van der Waals surface area contributed by atoms with Crippen LogP contribution in [-0.4, -0.2) is 11.5 Å². The lowest BCUT2D eigenvalue weighted by atomic mass is 10.4. The number of thiol groups is 1. The Labute approximate surface area is 43.2 Å². The van der Waals surface area contributed by atoms with Gasteiger partial charge in [0.25, 0.3) is 0 Å². The topological polar surface area (TPSA) is 17.1 Å². The van der Waals surface area contributed by atoms with Gasteiger partial charge < -0.3 is 4.79 Å². The van der Waals surface area contributed by atoms with E-state index in [0.29, 0.717) is 0 Å². The summed E-state index contributed by atoms with van der Waals surface area (Å²) in [6.07, 6.45) is 1.66. The number of carbonyl (C=O) groups excluding carboxylic acids is 1. The zero-order chi connectivity index (χ0) is 4.99. The summed E-state index contributed by atoms with van der Waals surface area (Å²) in [6.45, 7) is 1.92. The molecule has 0 aliphatic rings. The van der Waals surface area contributed by atoms with Gasteiger partial charge in [-0.05, 0) is 6.42 Å². The van der Waals surface area contributed by atoms with Crippen molar-refractivity contribution < 1.29 is 4.79 Å². The molecule has 36 valence electrons. The van der Waals surface area contributed by atoms with Gasteiger partial charge in [0, 0.05) is 0 Å². The van der Waals surface area contributed by atoms with Crippen molar-refractivity contribution in [1.29, 1.82) is 0 Å². The van der Waals surface area contributed by atoms with Crippen LogP contribution in [-0.2, 0) is 4.79 Å². The third-order valence-corrected chi connectivity index (χ3v) is 1.06. The second-order valence-electron chi connectivity index (χ2n) is 1.11.